The lowest BCUT2D eigenvalue weighted by atomic mass is 10.0. The number of rotatable bonds is 10. The van der Waals surface area contributed by atoms with Crippen LogP contribution in [0.2, 0.25) is 0 Å². The summed E-state index contributed by atoms with van der Waals surface area (Å²) in [6, 6.07) is 22.3. The van der Waals surface area contributed by atoms with Crippen molar-refractivity contribution in [3.63, 3.8) is 0 Å². The molecule has 0 aliphatic carbocycles. The van der Waals surface area contributed by atoms with Crippen molar-refractivity contribution in [2.45, 2.75) is 52.3 Å². The van der Waals surface area contributed by atoms with Crippen molar-refractivity contribution in [1.82, 2.24) is 9.88 Å². The fourth-order valence-electron chi connectivity index (χ4n) is 6.00. The van der Waals surface area contributed by atoms with Crippen LogP contribution in [0, 0.1) is 0 Å². The van der Waals surface area contributed by atoms with Crippen molar-refractivity contribution < 1.29 is 28.7 Å². The number of benzene rings is 3. The largest absolute Gasteiger partial charge is 0.493 e. The third-order valence-electron chi connectivity index (χ3n) is 8.34. The van der Waals surface area contributed by atoms with E-state index in [4.69, 9.17) is 9.47 Å². The molecule has 2 aliphatic heterocycles. The summed E-state index contributed by atoms with van der Waals surface area (Å²) < 4.78 is 11.9. The Kier molecular flexibility index (Phi) is 8.27. The number of fused-ring (bicyclic) bond motifs is 2. The normalized spacial score (nSPS) is 15.9. The maximum atomic E-state index is 13.8. The third kappa shape index (κ3) is 5.81. The number of pyridine rings is 1. The molecule has 1 N–H and O–H groups in total. The highest BCUT2D eigenvalue weighted by atomic mass is 16.5. The Balaban J connectivity index is 1.19. The second kappa shape index (κ2) is 12.5. The second-order valence-electron chi connectivity index (χ2n) is 11.6. The molecular formula is C36H34N4O6. The number of nitrogens with zero attached hydrogens (tertiary/aromatic N) is 3. The van der Waals surface area contributed by atoms with Gasteiger partial charge in [0.05, 0.1) is 36.9 Å². The molecule has 6 rings (SSSR count). The SMILES string of the molecule is COc1ccc(N2C(=O)c3cc(CN4C(=O)c5cnc(NC(C)=O)cc5C4=O)ccc3C2C)cc1OC(C)CCc1ccccc1. The lowest BCUT2D eigenvalue weighted by Gasteiger charge is -2.24. The van der Waals surface area contributed by atoms with E-state index in [0.29, 0.717) is 28.3 Å². The summed E-state index contributed by atoms with van der Waals surface area (Å²) in [5.41, 5.74) is 4.24. The van der Waals surface area contributed by atoms with Gasteiger partial charge in [-0.25, -0.2) is 4.98 Å². The van der Waals surface area contributed by atoms with Gasteiger partial charge in [0.1, 0.15) is 5.82 Å². The zero-order valence-corrected chi connectivity index (χ0v) is 26.1. The van der Waals surface area contributed by atoms with Gasteiger partial charge in [-0.2, -0.15) is 0 Å². The number of hydrogen-bond donors (Lipinski definition) is 1. The molecule has 0 saturated heterocycles. The molecule has 0 fully saturated rings. The highest BCUT2D eigenvalue weighted by Crippen LogP contribution is 2.41. The first kappa shape index (κ1) is 30.5. The van der Waals surface area contributed by atoms with Gasteiger partial charge in [0.15, 0.2) is 11.5 Å². The molecule has 2 aliphatic rings. The van der Waals surface area contributed by atoms with Crippen LogP contribution in [-0.2, 0) is 17.8 Å². The Morgan fingerprint density at radius 1 is 0.891 bits per heavy atom. The van der Waals surface area contributed by atoms with Crippen LogP contribution in [0.1, 0.15) is 81.0 Å². The Hall–Kier alpha value is -5.51. The van der Waals surface area contributed by atoms with Crippen LogP contribution in [0.25, 0.3) is 0 Å². The zero-order chi connectivity index (χ0) is 32.5. The Morgan fingerprint density at radius 2 is 1.65 bits per heavy atom. The van der Waals surface area contributed by atoms with Crippen molar-refractivity contribution >= 4 is 35.1 Å². The highest BCUT2D eigenvalue weighted by Gasteiger charge is 2.38. The lowest BCUT2D eigenvalue weighted by molar-refractivity contribution is -0.114. The summed E-state index contributed by atoms with van der Waals surface area (Å²) in [6.07, 6.45) is 2.89. The quantitative estimate of drug-likeness (QED) is 0.218. The first-order valence-electron chi connectivity index (χ1n) is 15.1. The maximum Gasteiger partial charge on any atom is 0.263 e. The molecule has 0 spiro atoms. The molecule has 10 heteroatoms. The Labute approximate surface area is 266 Å². The van der Waals surface area contributed by atoms with Crippen molar-refractivity contribution in [3.8, 4) is 11.5 Å². The molecule has 4 aromatic rings. The number of hydrogen-bond acceptors (Lipinski definition) is 7. The summed E-state index contributed by atoms with van der Waals surface area (Å²) in [7, 11) is 1.59. The Morgan fingerprint density at radius 3 is 2.39 bits per heavy atom. The van der Waals surface area contributed by atoms with E-state index in [-0.39, 0.29) is 47.4 Å². The average Bonchev–Trinajstić information content (AvgIpc) is 3.43. The number of amides is 4. The molecule has 46 heavy (non-hydrogen) atoms. The second-order valence-corrected chi connectivity index (χ2v) is 11.6. The van der Waals surface area contributed by atoms with Crippen molar-refractivity contribution in [3.05, 3.63) is 112 Å². The molecule has 2 unspecified atom stereocenters. The third-order valence-corrected chi connectivity index (χ3v) is 8.34. The number of carbonyl (C=O) groups is 4. The van der Waals surface area contributed by atoms with E-state index in [0.717, 1.165) is 23.3 Å². The number of aromatic nitrogens is 1. The fraction of sp³-hybridized carbons (Fsp3) is 0.250. The van der Waals surface area contributed by atoms with Gasteiger partial charge < -0.3 is 19.7 Å². The van der Waals surface area contributed by atoms with E-state index < -0.39 is 11.8 Å². The molecule has 0 bridgehead atoms. The molecule has 0 saturated carbocycles. The van der Waals surface area contributed by atoms with Crippen LogP contribution in [0.15, 0.2) is 79.0 Å². The number of imide groups is 1. The highest BCUT2D eigenvalue weighted by molar-refractivity contribution is 6.21. The Bertz CT molecular complexity index is 1860. The van der Waals surface area contributed by atoms with Gasteiger partial charge in [-0.1, -0.05) is 42.5 Å². The number of methoxy groups -OCH3 is 1. The number of anilines is 2. The van der Waals surface area contributed by atoms with Crippen molar-refractivity contribution in [2.75, 3.05) is 17.3 Å². The van der Waals surface area contributed by atoms with Gasteiger partial charge in [0.2, 0.25) is 5.91 Å². The van der Waals surface area contributed by atoms with Gasteiger partial charge in [-0.3, -0.25) is 24.1 Å². The van der Waals surface area contributed by atoms with Crippen LogP contribution in [0.3, 0.4) is 0 Å². The fourth-order valence-corrected chi connectivity index (χ4v) is 6.00. The number of aryl methyl sites for hydroxylation is 1. The van der Waals surface area contributed by atoms with Crippen molar-refractivity contribution in [1.29, 1.82) is 0 Å². The molecule has 3 aromatic carbocycles. The average molecular weight is 619 g/mol. The minimum absolute atomic E-state index is 0.0157. The predicted molar refractivity (Wildman–Crippen MR) is 172 cm³/mol. The van der Waals surface area contributed by atoms with Crippen LogP contribution in [0.4, 0.5) is 11.5 Å². The summed E-state index contributed by atoms with van der Waals surface area (Å²) in [5.74, 6) is -0.163. The van der Waals surface area contributed by atoms with Gasteiger partial charge in [-0.05, 0) is 67.6 Å². The van der Waals surface area contributed by atoms with E-state index in [1.807, 2.05) is 56.3 Å². The summed E-state index contributed by atoms with van der Waals surface area (Å²) in [5, 5.41) is 2.53. The van der Waals surface area contributed by atoms with Gasteiger partial charge in [0, 0.05) is 30.4 Å². The zero-order valence-electron chi connectivity index (χ0n) is 26.1. The molecule has 234 valence electrons. The number of nitrogens with one attached hydrogen (secondary N) is 1. The summed E-state index contributed by atoms with van der Waals surface area (Å²) in [6.45, 7) is 5.29. The van der Waals surface area contributed by atoms with Crippen molar-refractivity contribution in [2.24, 2.45) is 0 Å². The first-order chi connectivity index (χ1) is 22.1. The van der Waals surface area contributed by atoms with E-state index in [2.05, 4.69) is 22.4 Å². The topological polar surface area (TPSA) is 118 Å². The van der Waals surface area contributed by atoms with E-state index in [9.17, 15) is 19.2 Å². The monoisotopic (exact) mass is 618 g/mol. The van der Waals surface area contributed by atoms with Crippen LogP contribution < -0.4 is 19.7 Å². The molecule has 10 nitrogen and oxygen atoms in total. The van der Waals surface area contributed by atoms with Crippen LogP contribution in [0.5, 0.6) is 11.5 Å². The lowest BCUT2D eigenvalue weighted by Crippen LogP contribution is -2.29. The van der Waals surface area contributed by atoms with Gasteiger partial charge in [-0.15, -0.1) is 0 Å². The minimum Gasteiger partial charge on any atom is -0.493 e. The summed E-state index contributed by atoms with van der Waals surface area (Å²) >= 11 is 0. The maximum absolute atomic E-state index is 13.8. The predicted octanol–water partition coefficient (Wildman–Crippen LogP) is 5.97. The van der Waals surface area contributed by atoms with Gasteiger partial charge in [0.25, 0.3) is 17.7 Å². The van der Waals surface area contributed by atoms with Crippen LogP contribution >= 0.6 is 0 Å². The molecule has 4 amide bonds. The molecule has 3 heterocycles. The molecular weight excluding hydrogens is 584 g/mol. The van der Waals surface area contributed by atoms with Crippen LogP contribution in [-0.4, -0.2) is 46.7 Å². The van der Waals surface area contributed by atoms with E-state index in [1.165, 1.54) is 24.8 Å². The number of carbonyl (C=O) groups excluding carboxylic acids is 4. The van der Waals surface area contributed by atoms with E-state index in [1.54, 1.807) is 24.1 Å². The smallest absolute Gasteiger partial charge is 0.263 e. The van der Waals surface area contributed by atoms with Gasteiger partial charge >= 0.3 is 0 Å². The molecule has 1 aromatic heterocycles. The molecule has 0 radical (unpaired) electrons. The summed E-state index contributed by atoms with van der Waals surface area (Å²) in [4.78, 5) is 58.4. The minimum atomic E-state index is -0.486. The van der Waals surface area contributed by atoms with E-state index >= 15 is 0 Å². The molecule has 2 atom stereocenters. The first-order valence-corrected chi connectivity index (χ1v) is 15.1. The standard InChI is InChI=1S/C36H34N4O6/c1-21(10-11-24-8-6-5-7-9-24)46-32-17-26(13-15-31(32)45-4)40-22(2)27-14-12-25(16-28(27)36(40)44)20-39-34(42)29-18-33(38-23(3)41)37-19-30(29)35(39)43/h5-9,12-19,21-22H,10-11,20H2,1-4H3,(H,37,38,41). The number of ether oxygens (including phenoxy) is 2.